The molecule has 0 heterocycles. The predicted molar refractivity (Wildman–Crippen MR) is 42.0 cm³/mol. The molecule has 2 bridgehead atoms. The number of hydrogen-bond acceptors (Lipinski definition) is 1. The fraction of sp³-hybridized carbons (Fsp3) is 0.700. The largest absolute Gasteiger partial charge is 0.300 e. The second-order valence-electron chi connectivity index (χ2n) is 4.22. The third-order valence-electron chi connectivity index (χ3n) is 3.73. The van der Waals surface area contributed by atoms with Gasteiger partial charge in [-0.3, -0.25) is 4.79 Å². The van der Waals surface area contributed by atoms with Crippen LogP contribution < -0.4 is 0 Å². The summed E-state index contributed by atoms with van der Waals surface area (Å²) in [6.45, 7) is 0. The van der Waals surface area contributed by atoms with Crippen molar-refractivity contribution in [2.45, 2.75) is 19.3 Å². The summed E-state index contributed by atoms with van der Waals surface area (Å²) in [5, 5.41) is 0. The third-order valence-corrected chi connectivity index (χ3v) is 3.73. The molecule has 1 heteroatoms. The van der Waals surface area contributed by atoms with Crippen molar-refractivity contribution in [2.75, 3.05) is 0 Å². The number of hydrogen-bond donors (Lipinski definition) is 0. The molecule has 3 aliphatic rings. The Morgan fingerprint density at radius 1 is 1.09 bits per heavy atom. The quantitative estimate of drug-likeness (QED) is 0.479. The molecule has 0 N–H and O–H groups in total. The molecule has 0 saturated heterocycles. The van der Waals surface area contributed by atoms with Gasteiger partial charge in [0.1, 0.15) is 5.78 Å². The zero-order chi connectivity index (χ0) is 7.42. The molecule has 1 nitrogen and oxygen atoms in total. The maximum absolute atomic E-state index is 11.1. The lowest BCUT2D eigenvalue weighted by atomic mass is 9.86. The number of allylic oxidation sites excluding steroid dienone is 2. The normalized spacial score (nSPS) is 52.2. The van der Waals surface area contributed by atoms with Crippen molar-refractivity contribution in [3.63, 3.8) is 0 Å². The summed E-state index contributed by atoms with van der Waals surface area (Å²) in [5.74, 6) is 3.56. The Bertz CT molecular complexity index is 219. The van der Waals surface area contributed by atoms with Gasteiger partial charge >= 0.3 is 0 Å². The molecule has 11 heavy (non-hydrogen) atoms. The summed E-state index contributed by atoms with van der Waals surface area (Å²) in [4.78, 5) is 11.1. The van der Waals surface area contributed by atoms with Crippen molar-refractivity contribution in [1.29, 1.82) is 0 Å². The molecule has 0 radical (unpaired) electrons. The average molecular weight is 148 g/mol. The van der Waals surface area contributed by atoms with Gasteiger partial charge in [-0.1, -0.05) is 12.2 Å². The molecule has 0 aromatic heterocycles. The van der Waals surface area contributed by atoms with Crippen molar-refractivity contribution in [3.8, 4) is 0 Å². The third kappa shape index (κ3) is 0.640. The van der Waals surface area contributed by atoms with Crippen LogP contribution in [-0.4, -0.2) is 5.78 Å². The Balaban J connectivity index is 1.97. The molecule has 2 fully saturated rings. The standard InChI is InChI=1S/C10H12O/c11-8-4-9-6-1-2-7(3-6)10(9)5-8/h1-2,6-7,9-10H,3-5H2. The Labute approximate surface area is 66.5 Å². The molecule has 0 aromatic rings. The molecule has 4 unspecified atom stereocenters. The first kappa shape index (κ1) is 5.99. The molecule has 2 saturated carbocycles. The van der Waals surface area contributed by atoms with Crippen molar-refractivity contribution < 1.29 is 4.79 Å². The van der Waals surface area contributed by atoms with Gasteiger partial charge in [0.15, 0.2) is 0 Å². The summed E-state index contributed by atoms with van der Waals surface area (Å²) in [6, 6.07) is 0. The Morgan fingerprint density at radius 2 is 1.64 bits per heavy atom. The van der Waals surface area contributed by atoms with E-state index in [-0.39, 0.29) is 0 Å². The van der Waals surface area contributed by atoms with E-state index in [2.05, 4.69) is 12.2 Å². The molecular formula is C10H12O. The number of ketones is 1. The summed E-state index contributed by atoms with van der Waals surface area (Å²) in [5.41, 5.74) is 0. The zero-order valence-corrected chi connectivity index (χ0v) is 6.49. The van der Waals surface area contributed by atoms with Crippen molar-refractivity contribution in [1.82, 2.24) is 0 Å². The SMILES string of the molecule is O=C1CC2C3C=CC(C3)C2C1. The highest BCUT2D eigenvalue weighted by Crippen LogP contribution is 2.54. The van der Waals surface area contributed by atoms with Crippen molar-refractivity contribution >= 4 is 5.78 Å². The van der Waals surface area contributed by atoms with E-state index in [1.54, 1.807) is 0 Å². The van der Waals surface area contributed by atoms with Gasteiger partial charge in [0, 0.05) is 12.8 Å². The molecule has 0 amide bonds. The van der Waals surface area contributed by atoms with Crippen molar-refractivity contribution in [2.24, 2.45) is 23.7 Å². The number of carbonyl (C=O) groups excluding carboxylic acids is 1. The van der Waals surface area contributed by atoms with Gasteiger partial charge < -0.3 is 0 Å². The van der Waals surface area contributed by atoms with E-state index in [9.17, 15) is 4.79 Å². The maximum Gasteiger partial charge on any atom is 0.133 e. The Hall–Kier alpha value is -0.590. The van der Waals surface area contributed by atoms with E-state index < -0.39 is 0 Å². The summed E-state index contributed by atoms with van der Waals surface area (Å²) < 4.78 is 0. The van der Waals surface area contributed by atoms with Gasteiger partial charge in [0.2, 0.25) is 0 Å². The van der Waals surface area contributed by atoms with Gasteiger partial charge in [-0.05, 0) is 30.1 Å². The number of carbonyl (C=O) groups is 1. The van der Waals surface area contributed by atoms with Crippen LogP contribution in [0.5, 0.6) is 0 Å². The van der Waals surface area contributed by atoms with Crippen LogP contribution in [0.4, 0.5) is 0 Å². The average Bonchev–Trinajstić information content (AvgIpc) is 2.53. The van der Waals surface area contributed by atoms with Crippen LogP contribution in [0.2, 0.25) is 0 Å². The van der Waals surface area contributed by atoms with Gasteiger partial charge in [0.25, 0.3) is 0 Å². The monoisotopic (exact) mass is 148 g/mol. The van der Waals surface area contributed by atoms with Crippen LogP contribution in [0.25, 0.3) is 0 Å². The summed E-state index contributed by atoms with van der Waals surface area (Å²) in [6.07, 6.45) is 7.80. The number of Topliss-reactive ketones (excluding diaryl/α,β-unsaturated/α-hetero) is 1. The zero-order valence-electron chi connectivity index (χ0n) is 6.49. The molecule has 3 rings (SSSR count). The van der Waals surface area contributed by atoms with Crippen molar-refractivity contribution in [3.05, 3.63) is 12.2 Å². The number of fused-ring (bicyclic) bond motifs is 5. The minimum Gasteiger partial charge on any atom is -0.300 e. The molecular weight excluding hydrogens is 136 g/mol. The van der Waals surface area contributed by atoms with E-state index in [1.807, 2.05) is 0 Å². The number of rotatable bonds is 0. The van der Waals surface area contributed by atoms with E-state index in [0.29, 0.717) is 5.78 Å². The minimum atomic E-state index is 0.512. The highest BCUT2D eigenvalue weighted by atomic mass is 16.1. The van der Waals surface area contributed by atoms with Crippen LogP contribution in [0, 0.1) is 23.7 Å². The van der Waals surface area contributed by atoms with Gasteiger partial charge in [-0.2, -0.15) is 0 Å². The lowest BCUT2D eigenvalue weighted by Crippen LogP contribution is -2.12. The van der Waals surface area contributed by atoms with Crippen LogP contribution in [-0.2, 0) is 4.79 Å². The van der Waals surface area contributed by atoms with E-state index in [1.165, 1.54) is 6.42 Å². The fourth-order valence-electron chi connectivity index (χ4n) is 3.24. The summed E-state index contributed by atoms with van der Waals surface area (Å²) >= 11 is 0. The first-order chi connectivity index (χ1) is 5.34. The van der Waals surface area contributed by atoms with Crippen LogP contribution in [0.15, 0.2) is 12.2 Å². The van der Waals surface area contributed by atoms with Gasteiger partial charge in [-0.15, -0.1) is 0 Å². The first-order valence-electron chi connectivity index (χ1n) is 4.54. The lowest BCUT2D eigenvalue weighted by molar-refractivity contribution is -0.118. The van der Waals surface area contributed by atoms with Gasteiger partial charge in [-0.25, -0.2) is 0 Å². The second-order valence-corrected chi connectivity index (χ2v) is 4.22. The Kier molecular flexibility index (Phi) is 0.961. The fourth-order valence-corrected chi connectivity index (χ4v) is 3.24. The predicted octanol–water partition coefficient (Wildman–Crippen LogP) is 1.79. The highest BCUT2D eigenvalue weighted by molar-refractivity contribution is 5.81. The van der Waals surface area contributed by atoms with Crippen LogP contribution >= 0.6 is 0 Å². The first-order valence-corrected chi connectivity index (χ1v) is 4.54. The van der Waals surface area contributed by atoms with E-state index in [4.69, 9.17) is 0 Å². The topological polar surface area (TPSA) is 17.1 Å². The Morgan fingerprint density at radius 3 is 2.18 bits per heavy atom. The molecule has 4 atom stereocenters. The van der Waals surface area contributed by atoms with Crippen LogP contribution in [0.3, 0.4) is 0 Å². The summed E-state index contributed by atoms with van der Waals surface area (Å²) in [7, 11) is 0. The van der Waals surface area contributed by atoms with E-state index in [0.717, 1.165) is 36.5 Å². The molecule has 0 aliphatic heterocycles. The molecule has 0 aromatic carbocycles. The molecule has 58 valence electrons. The smallest absolute Gasteiger partial charge is 0.133 e. The van der Waals surface area contributed by atoms with E-state index >= 15 is 0 Å². The highest BCUT2D eigenvalue weighted by Gasteiger charge is 2.49. The minimum absolute atomic E-state index is 0.512. The van der Waals surface area contributed by atoms with Crippen LogP contribution in [0.1, 0.15) is 19.3 Å². The molecule has 3 aliphatic carbocycles. The van der Waals surface area contributed by atoms with Gasteiger partial charge in [0.05, 0.1) is 0 Å². The maximum atomic E-state index is 11.1. The molecule has 0 spiro atoms. The second kappa shape index (κ2) is 1.77. The lowest BCUT2D eigenvalue weighted by Gasteiger charge is -2.18.